The summed E-state index contributed by atoms with van der Waals surface area (Å²) >= 11 is 5.68. The maximum Gasteiger partial charge on any atom is 0.138 e. The van der Waals surface area contributed by atoms with Crippen molar-refractivity contribution in [2.24, 2.45) is 0 Å². The van der Waals surface area contributed by atoms with Gasteiger partial charge < -0.3 is 9.14 Å². The second kappa shape index (κ2) is 5.28. The maximum atomic E-state index is 5.68. The predicted octanol–water partition coefficient (Wildman–Crippen LogP) is 3.05. The number of hydrogen-bond acceptors (Lipinski definition) is 3. The van der Waals surface area contributed by atoms with Crippen LogP contribution in [0.2, 0.25) is 0 Å². The normalized spacial score (nSPS) is 10.8. The molecule has 0 amide bonds. The van der Waals surface area contributed by atoms with E-state index < -0.39 is 0 Å². The third kappa shape index (κ3) is 2.69. The van der Waals surface area contributed by atoms with Crippen molar-refractivity contribution in [3.05, 3.63) is 60.3 Å². The lowest BCUT2D eigenvalue weighted by Gasteiger charge is -2.03. The summed E-state index contributed by atoms with van der Waals surface area (Å²) in [5, 5.41) is 0. The number of fused-ring (bicyclic) bond motifs is 1. The molecule has 0 N–H and O–H groups in total. The minimum absolute atomic E-state index is 0.409. The molecule has 3 rings (SSSR count). The molecule has 19 heavy (non-hydrogen) atoms. The minimum Gasteiger partial charge on any atom is -0.486 e. The van der Waals surface area contributed by atoms with Crippen molar-refractivity contribution in [1.82, 2.24) is 14.4 Å². The summed E-state index contributed by atoms with van der Waals surface area (Å²) in [5.41, 5.74) is 2.63. The van der Waals surface area contributed by atoms with E-state index in [1.54, 1.807) is 6.20 Å². The highest BCUT2D eigenvalue weighted by Crippen LogP contribution is 2.13. The van der Waals surface area contributed by atoms with Gasteiger partial charge in [-0.1, -0.05) is 6.07 Å². The number of halogens is 1. The lowest BCUT2D eigenvalue weighted by molar-refractivity contribution is 0.300. The van der Waals surface area contributed by atoms with Crippen molar-refractivity contribution in [2.45, 2.75) is 12.5 Å². The van der Waals surface area contributed by atoms with Gasteiger partial charge in [0.2, 0.25) is 0 Å². The Labute approximate surface area is 115 Å². The van der Waals surface area contributed by atoms with Gasteiger partial charge in [0.05, 0.1) is 23.5 Å². The molecule has 0 aromatic carbocycles. The molecule has 4 nitrogen and oxygen atoms in total. The van der Waals surface area contributed by atoms with E-state index in [0.717, 1.165) is 17.0 Å². The van der Waals surface area contributed by atoms with Crippen LogP contribution in [0.4, 0.5) is 0 Å². The monoisotopic (exact) mass is 273 g/mol. The van der Waals surface area contributed by atoms with Gasteiger partial charge in [0, 0.05) is 12.4 Å². The van der Waals surface area contributed by atoms with Crippen LogP contribution in [0.5, 0.6) is 5.75 Å². The molecule has 0 aliphatic rings. The Hall–Kier alpha value is -2.07. The van der Waals surface area contributed by atoms with E-state index in [-0.39, 0.29) is 0 Å². The third-order valence-corrected chi connectivity index (χ3v) is 3.01. The van der Waals surface area contributed by atoms with Gasteiger partial charge in [-0.05, 0) is 24.3 Å². The fourth-order valence-corrected chi connectivity index (χ4v) is 1.95. The SMILES string of the molecule is ClCc1ccc(OCc2cn3ccccc3n2)cn1. The number of aromatic nitrogens is 3. The molecule has 5 heteroatoms. The van der Waals surface area contributed by atoms with Crippen LogP contribution < -0.4 is 4.74 Å². The molecule has 3 aromatic rings. The summed E-state index contributed by atoms with van der Waals surface area (Å²) in [7, 11) is 0. The van der Waals surface area contributed by atoms with E-state index >= 15 is 0 Å². The predicted molar refractivity (Wildman–Crippen MR) is 73.3 cm³/mol. The average molecular weight is 274 g/mol. The third-order valence-electron chi connectivity index (χ3n) is 2.74. The first kappa shape index (κ1) is 12.0. The Morgan fingerprint density at radius 1 is 1.16 bits per heavy atom. The molecule has 96 valence electrons. The van der Waals surface area contributed by atoms with Crippen molar-refractivity contribution in [3.8, 4) is 5.75 Å². The molecule has 0 aliphatic carbocycles. The lowest BCUT2D eigenvalue weighted by Crippen LogP contribution is -1.96. The van der Waals surface area contributed by atoms with Crippen molar-refractivity contribution in [2.75, 3.05) is 0 Å². The van der Waals surface area contributed by atoms with Crippen molar-refractivity contribution < 1.29 is 4.74 Å². The number of hydrogen-bond donors (Lipinski definition) is 0. The second-order valence-corrected chi connectivity index (χ2v) is 4.37. The fraction of sp³-hybridized carbons (Fsp3) is 0.143. The first-order valence-corrected chi connectivity index (χ1v) is 6.45. The van der Waals surface area contributed by atoms with Crippen LogP contribution in [0.15, 0.2) is 48.9 Å². The van der Waals surface area contributed by atoms with Crippen LogP contribution in [-0.4, -0.2) is 14.4 Å². The van der Waals surface area contributed by atoms with E-state index in [0.29, 0.717) is 18.2 Å². The first-order chi connectivity index (χ1) is 9.35. The maximum absolute atomic E-state index is 5.68. The van der Waals surface area contributed by atoms with E-state index in [9.17, 15) is 0 Å². The Bertz CT molecular complexity index is 645. The average Bonchev–Trinajstić information content (AvgIpc) is 2.88. The smallest absolute Gasteiger partial charge is 0.138 e. The number of nitrogens with zero attached hydrogens (tertiary/aromatic N) is 3. The van der Waals surface area contributed by atoms with Gasteiger partial charge in [0.25, 0.3) is 0 Å². The summed E-state index contributed by atoms with van der Waals surface area (Å²) in [6, 6.07) is 9.60. The number of rotatable bonds is 4. The molecule has 0 bridgehead atoms. The number of pyridine rings is 2. The van der Waals surface area contributed by atoms with Crippen LogP contribution in [-0.2, 0) is 12.5 Å². The number of imidazole rings is 1. The fourth-order valence-electron chi connectivity index (χ4n) is 1.79. The quantitative estimate of drug-likeness (QED) is 0.686. The van der Waals surface area contributed by atoms with E-state index in [4.69, 9.17) is 16.3 Å². The summed E-state index contributed by atoms with van der Waals surface area (Å²) < 4.78 is 7.61. The summed E-state index contributed by atoms with van der Waals surface area (Å²) in [5.74, 6) is 1.12. The summed E-state index contributed by atoms with van der Waals surface area (Å²) in [6.07, 6.45) is 5.59. The standard InChI is InChI=1S/C14H12ClN3O/c15-7-11-4-5-13(8-16-11)19-10-12-9-18-6-2-1-3-14(18)17-12/h1-6,8-9H,7,10H2. The Morgan fingerprint density at radius 2 is 2.11 bits per heavy atom. The van der Waals surface area contributed by atoms with Gasteiger partial charge in [0.15, 0.2) is 0 Å². The zero-order chi connectivity index (χ0) is 13.1. The minimum atomic E-state index is 0.409. The van der Waals surface area contributed by atoms with E-state index in [2.05, 4.69) is 9.97 Å². The van der Waals surface area contributed by atoms with Gasteiger partial charge in [-0.3, -0.25) is 4.98 Å². The van der Waals surface area contributed by atoms with E-state index in [1.807, 2.05) is 47.1 Å². The molecule has 0 unspecified atom stereocenters. The number of alkyl halides is 1. The topological polar surface area (TPSA) is 39.4 Å². The van der Waals surface area contributed by atoms with Gasteiger partial charge in [-0.25, -0.2) is 4.98 Å². The van der Waals surface area contributed by atoms with Gasteiger partial charge in [0.1, 0.15) is 18.0 Å². The molecule has 3 heterocycles. The molecule has 3 aromatic heterocycles. The van der Waals surface area contributed by atoms with Crippen molar-refractivity contribution in [3.63, 3.8) is 0 Å². The second-order valence-electron chi connectivity index (χ2n) is 4.11. The zero-order valence-electron chi connectivity index (χ0n) is 10.2. The van der Waals surface area contributed by atoms with Crippen LogP contribution in [0.25, 0.3) is 5.65 Å². The molecule has 0 spiro atoms. The van der Waals surface area contributed by atoms with Crippen molar-refractivity contribution >= 4 is 17.2 Å². The Kier molecular flexibility index (Phi) is 3.33. The summed E-state index contributed by atoms with van der Waals surface area (Å²) in [6.45, 7) is 0.420. The molecule has 0 saturated carbocycles. The van der Waals surface area contributed by atoms with Gasteiger partial charge >= 0.3 is 0 Å². The van der Waals surface area contributed by atoms with Crippen LogP contribution in [0, 0.1) is 0 Å². The van der Waals surface area contributed by atoms with Crippen LogP contribution in [0.3, 0.4) is 0 Å². The van der Waals surface area contributed by atoms with Crippen LogP contribution >= 0.6 is 11.6 Å². The Balaban J connectivity index is 1.70. The molecular weight excluding hydrogens is 262 g/mol. The number of ether oxygens (including phenoxy) is 1. The van der Waals surface area contributed by atoms with Crippen LogP contribution in [0.1, 0.15) is 11.4 Å². The highest BCUT2D eigenvalue weighted by atomic mass is 35.5. The molecule has 0 fully saturated rings. The zero-order valence-corrected chi connectivity index (χ0v) is 10.9. The van der Waals surface area contributed by atoms with Gasteiger partial charge in [-0.2, -0.15) is 0 Å². The first-order valence-electron chi connectivity index (χ1n) is 5.91. The largest absolute Gasteiger partial charge is 0.486 e. The van der Waals surface area contributed by atoms with Crippen molar-refractivity contribution in [1.29, 1.82) is 0 Å². The molecule has 0 atom stereocenters. The molecular formula is C14H12ClN3O. The highest BCUT2D eigenvalue weighted by Gasteiger charge is 2.02. The van der Waals surface area contributed by atoms with E-state index in [1.165, 1.54) is 0 Å². The molecule has 0 radical (unpaired) electrons. The lowest BCUT2D eigenvalue weighted by atomic mass is 10.4. The highest BCUT2D eigenvalue weighted by molar-refractivity contribution is 6.16. The Morgan fingerprint density at radius 3 is 2.84 bits per heavy atom. The molecule has 0 aliphatic heterocycles. The summed E-state index contributed by atoms with van der Waals surface area (Å²) in [4.78, 5) is 8.63. The molecule has 0 saturated heterocycles. The van der Waals surface area contributed by atoms with Gasteiger partial charge in [-0.15, -0.1) is 11.6 Å².